The quantitative estimate of drug-likeness (QED) is 0.790. The van der Waals surface area contributed by atoms with E-state index in [0.29, 0.717) is 11.3 Å². The van der Waals surface area contributed by atoms with Crippen LogP contribution in [0.15, 0.2) is 18.2 Å². The summed E-state index contributed by atoms with van der Waals surface area (Å²) in [5, 5.41) is 18.1. The molecule has 0 spiro atoms. The molecule has 1 atom stereocenters. The number of carboxylic acids is 1. The fraction of sp³-hybridized carbons (Fsp3) is 0.364. The molecule has 82 valence electrons. The summed E-state index contributed by atoms with van der Waals surface area (Å²) in [5.74, 6) is -0.376. The van der Waals surface area contributed by atoms with E-state index in [4.69, 9.17) is 9.84 Å². The fourth-order valence-corrected chi connectivity index (χ4v) is 1.33. The third-order valence-corrected chi connectivity index (χ3v) is 2.18. The highest BCUT2D eigenvalue weighted by molar-refractivity contribution is 5.67. The van der Waals surface area contributed by atoms with E-state index in [1.54, 1.807) is 18.2 Å². The lowest BCUT2D eigenvalue weighted by molar-refractivity contribution is -0.139. The number of hydrogen-bond acceptors (Lipinski definition) is 3. The highest BCUT2D eigenvalue weighted by Gasteiger charge is 2.13. The normalized spacial score (nSPS) is 12.2. The van der Waals surface area contributed by atoms with E-state index in [9.17, 15) is 9.90 Å². The molecule has 4 nitrogen and oxygen atoms in total. The van der Waals surface area contributed by atoms with Gasteiger partial charge in [-0.2, -0.15) is 0 Å². The van der Waals surface area contributed by atoms with Gasteiger partial charge in [0.15, 0.2) is 0 Å². The maximum absolute atomic E-state index is 10.4. The Hall–Kier alpha value is -1.55. The maximum Gasteiger partial charge on any atom is 0.306 e. The number of carboxylic acid groups (broad SMARTS) is 1. The van der Waals surface area contributed by atoms with E-state index in [2.05, 4.69) is 0 Å². The van der Waals surface area contributed by atoms with Crippen LogP contribution in [0.5, 0.6) is 5.75 Å². The second kappa shape index (κ2) is 4.79. The van der Waals surface area contributed by atoms with Crippen LogP contribution in [0, 0.1) is 6.92 Å². The van der Waals surface area contributed by atoms with Crippen LogP contribution in [0.2, 0.25) is 0 Å². The molecule has 1 aromatic rings. The molecule has 0 heterocycles. The van der Waals surface area contributed by atoms with E-state index in [1.165, 1.54) is 7.11 Å². The fourth-order valence-electron chi connectivity index (χ4n) is 1.33. The Morgan fingerprint density at radius 3 is 2.73 bits per heavy atom. The first-order valence-corrected chi connectivity index (χ1v) is 4.59. The van der Waals surface area contributed by atoms with Crippen LogP contribution in [-0.2, 0) is 4.79 Å². The molecule has 0 aliphatic heterocycles. The van der Waals surface area contributed by atoms with E-state index in [-0.39, 0.29) is 6.42 Å². The number of carbonyl (C=O) groups is 1. The molecule has 2 N–H and O–H groups in total. The van der Waals surface area contributed by atoms with Crippen molar-refractivity contribution < 1.29 is 19.7 Å². The monoisotopic (exact) mass is 210 g/mol. The third-order valence-electron chi connectivity index (χ3n) is 2.18. The van der Waals surface area contributed by atoms with Crippen LogP contribution in [0.4, 0.5) is 0 Å². The maximum atomic E-state index is 10.4. The summed E-state index contributed by atoms with van der Waals surface area (Å²) in [5.41, 5.74) is 1.50. The molecule has 0 aromatic heterocycles. The molecular weight excluding hydrogens is 196 g/mol. The molecule has 0 aliphatic carbocycles. The average molecular weight is 210 g/mol. The molecule has 0 unspecified atom stereocenters. The first-order valence-electron chi connectivity index (χ1n) is 4.59. The lowest BCUT2D eigenvalue weighted by atomic mass is 10.0. The molecule has 1 rings (SSSR count). The topological polar surface area (TPSA) is 66.8 Å². The lowest BCUT2D eigenvalue weighted by Crippen LogP contribution is -2.05. The van der Waals surface area contributed by atoms with Crippen molar-refractivity contribution in [3.05, 3.63) is 29.3 Å². The largest absolute Gasteiger partial charge is 0.496 e. The zero-order chi connectivity index (χ0) is 11.4. The van der Waals surface area contributed by atoms with Gasteiger partial charge in [0.05, 0.1) is 19.6 Å². The Kier molecular flexibility index (Phi) is 3.68. The molecule has 15 heavy (non-hydrogen) atoms. The van der Waals surface area contributed by atoms with Gasteiger partial charge in [-0.25, -0.2) is 0 Å². The highest BCUT2D eigenvalue weighted by atomic mass is 16.5. The summed E-state index contributed by atoms with van der Waals surface area (Å²) in [7, 11) is 1.54. The minimum Gasteiger partial charge on any atom is -0.496 e. The molecule has 0 fully saturated rings. The number of aryl methyl sites for hydroxylation is 1. The van der Waals surface area contributed by atoms with Crippen molar-refractivity contribution in [2.75, 3.05) is 7.11 Å². The van der Waals surface area contributed by atoms with Gasteiger partial charge in [0.2, 0.25) is 0 Å². The standard InChI is InChI=1S/C11H14O4/c1-7-3-4-8(5-10(7)15-2)9(12)6-11(13)14/h3-5,9,12H,6H2,1-2H3,(H,13,14)/t9-/m1/s1. The van der Waals surface area contributed by atoms with Crippen molar-refractivity contribution in [2.45, 2.75) is 19.4 Å². The van der Waals surface area contributed by atoms with E-state index >= 15 is 0 Å². The smallest absolute Gasteiger partial charge is 0.306 e. The first kappa shape index (κ1) is 11.5. The van der Waals surface area contributed by atoms with Crippen LogP contribution >= 0.6 is 0 Å². The van der Waals surface area contributed by atoms with Gasteiger partial charge in [-0.1, -0.05) is 12.1 Å². The Bertz CT molecular complexity index is 360. The third kappa shape index (κ3) is 2.95. The van der Waals surface area contributed by atoms with Crippen molar-refractivity contribution in [3.8, 4) is 5.75 Å². The zero-order valence-electron chi connectivity index (χ0n) is 8.73. The van der Waals surface area contributed by atoms with Crippen molar-refractivity contribution in [1.29, 1.82) is 0 Å². The summed E-state index contributed by atoms with van der Waals surface area (Å²) in [4.78, 5) is 10.4. The van der Waals surface area contributed by atoms with Gasteiger partial charge in [0, 0.05) is 0 Å². The molecule has 1 aromatic carbocycles. The van der Waals surface area contributed by atoms with Gasteiger partial charge < -0.3 is 14.9 Å². The van der Waals surface area contributed by atoms with Crippen molar-refractivity contribution in [2.24, 2.45) is 0 Å². The lowest BCUT2D eigenvalue weighted by Gasteiger charge is -2.11. The minimum absolute atomic E-state index is 0.299. The van der Waals surface area contributed by atoms with Gasteiger partial charge in [0.25, 0.3) is 0 Å². The van der Waals surface area contributed by atoms with Gasteiger partial charge in [0.1, 0.15) is 5.75 Å². The van der Waals surface area contributed by atoms with Gasteiger partial charge in [-0.3, -0.25) is 4.79 Å². The van der Waals surface area contributed by atoms with Crippen molar-refractivity contribution in [3.63, 3.8) is 0 Å². The number of hydrogen-bond donors (Lipinski definition) is 2. The molecular formula is C11H14O4. The number of methoxy groups -OCH3 is 1. The summed E-state index contributed by atoms with van der Waals surface area (Å²) >= 11 is 0. The van der Waals surface area contributed by atoms with Gasteiger partial charge in [-0.05, 0) is 24.1 Å². The number of rotatable bonds is 4. The van der Waals surface area contributed by atoms with Crippen LogP contribution < -0.4 is 4.74 Å². The van der Waals surface area contributed by atoms with E-state index < -0.39 is 12.1 Å². The second-order valence-electron chi connectivity index (χ2n) is 3.34. The molecule has 4 heteroatoms. The van der Waals surface area contributed by atoms with Gasteiger partial charge >= 0.3 is 5.97 Å². The molecule has 0 amide bonds. The Labute approximate surface area is 88.1 Å². The summed E-state index contributed by atoms with van der Waals surface area (Å²) in [6.07, 6.45) is -1.29. The number of benzene rings is 1. The van der Waals surface area contributed by atoms with Crippen molar-refractivity contribution >= 4 is 5.97 Å². The Balaban J connectivity index is 2.90. The molecule has 0 bridgehead atoms. The first-order chi connectivity index (χ1) is 7.04. The summed E-state index contributed by atoms with van der Waals surface area (Å²) in [6.45, 7) is 1.88. The Morgan fingerprint density at radius 1 is 1.53 bits per heavy atom. The molecule has 0 aliphatic rings. The average Bonchev–Trinajstić information content (AvgIpc) is 2.17. The van der Waals surface area contributed by atoms with Crippen LogP contribution in [-0.4, -0.2) is 23.3 Å². The zero-order valence-corrected chi connectivity index (χ0v) is 8.73. The minimum atomic E-state index is -1.03. The SMILES string of the molecule is COc1cc([C@H](O)CC(=O)O)ccc1C. The number of aliphatic hydroxyl groups excluding tert-OH is 1. The second-order valence-corrected chi connectivity index (χ2v) is 3.34. The van der Waals surface area contributed by atoms with Crippen LogP contribution in [0.1, 0.15) is 23.7 Å². The van der Waals surface area contributed by atoms with Gasteiger partial charge in [-0.15, -0.1) is 0 Å². The molecule has 0 radical (unpaired) electrons. The number of ether oxygens (including phenoxy) is 1. The van der Waals surface area contributed by atoms with Crippen LogP contribution in [0.3, 0.4) is 0 Å². The number of aliphatic carboxylic acids is 1. The predicted octanol–water partition coefficient (Wildman–Crippen LogP) is 1.51. The molecule has 0 saturated heterocycles. The Morgan fingerprint density at radius 2 is 2.20 bits per heavy atom. The summed E-state index contributed by atoms with van der Waals surface area (Å²) in [6, 6.07) is 5.15. The predicted molar refractivity (Wildman–Crippen MR) is 54.9 cm³/mol. The number of aliphatic hydroxyl groups is 1. The summed E-state index contributed by atoms with van der Waals surface area (Å²) < 4.78 is 5.08. The molecule has 0 saturated carbocycles. The van der Waals surface area contributed by atoms with Crippen molar-refractivity contribution in [1.82, 2.24) is 0 Å². The van der Waals surface area contributed by atoms with E-state index in [1.807, 2.05) is 6.92 Å². The van der Waals surface area contributed by atoms with Crippen LogP contribution in [0.25, 0.3) is 0 Å². The van der Waals surface area contributed by atoms with E-state index in [0.717, 1.165) is 5.56 Å². The highest BCUT2D eigenvalue weighted by Crippen LogP contribution is 2.24.